The van der Waals surface area contributed by atoms with Gasteiger partial charge in [0.1, 0.15) is 6.04 Å². The van der Waals surface area contributed by atoms with Gasteiger partial charge in [-0.25, -0.2) is 0 Å². The average molecular weight is 287 g/mol. The summed E-state index contributed by atoms with van der Waals surface area (Å²) in [6, 6.07) is 3.90. The van der Waals surface area contributed by atoms with Gasteiger partial charge < -0.3 is 10.1 Å². The number of halogens is 1. The van der Waals surface area contributed by atoms with Crippen LogP contribution in [0.1, 0.15) is 19.4 Å². The smallest absolute Gasteiger partial charge is 0.322 e. The van der Waals surface area contributed by atoms with Crippen LogP contribution in [0.5, 0.6) is 0 Å². The Morgan fingerprint density at radius 1 is 1.58 bits per heavy atom. The summed E-state index contributed by atoms with van der Waals surface area (Å²) in [7, 11) is 0. The molecular formula is C12H15ClN2O4. The third kappa shape index (κ3) is 4.18. The Labute approximate surface area is 115 Å². The second kappa shape index (κ2) is 7.06. The normalized spacial score (nSPS) is 11.9. The summed E-state index contributed by atoms with van der Waals surface area (Å²) < 4.78 is 4.83. The molecule has 0 aliphatic carbocycles. The molecule has 0 saturated heterocycles. The first-order valence-corrected chi connectivity index (χ1v) is 6.17. The van der Waals surface area contributed by atoms with E-state index >= 15 is 0 Å². The van der Waals surface area contributed by atoms with Gasteiger partial charge >= 0.3 is 5.97 Å². The van der Waals surface area contributed by atoms with Crippen molar-refractivity contribution < 1.29 is 14.5 Å². The Morgan fingerprint density at radius 3 is 2.84 bits per heavy atom. The molecule has 1 atom stereocenters. The Hall–Kier alpha value is -1.66. The highest BCUT2D eigenvalue weighted by Crippen LogP contribution is 2.25. The van der Waals surface area contributed by atoms with Crippen LogP contribution in [-0.2, 0) is 16.1 Å². The molecule has 0 fully saturated rings. The van der Waals surface area contributed by atoms with Crippen molar-refractivity contribution in [3.05, 3.63) is 38.9 Å². The van der Waals surface area contributed by atoms with E-state index in [1.807, 2.05) is 0 Å². The molecule has 0 aliphatic heterocycles. The Kier molecular flexibility index (Phi) is 5.72. The first kappa shape index (κ1) is 15.4. The maximum Gasteiger partial charge on any atom is 0.322 e. The Bertz CT molecular complexity index is 479. The number of rotatable bonds is 6. The summed E-state index contributed by atoms with van der Waals surface area (Å²) in [5.74, 6) is -0.405. The number of esters is 1. The van der Waals surface area contributed by atoms with E-state index in [1.54, 1.807) is 19.9 Å². The van der Waals surface area contributed by atoms with E-state index in [-0.39, 0.29) is 23.9 Å². The van der Waals surface area contributed by atoms with E-state index in [1.165, 1.54) is 12.1 Å². The highest BCUT2D eigenvalue weighted by molar-refractivity contribution is 6.31. The molecule has 0 bridgehead atoms. The number of carbonyl (C=O) groups is 1. The van der Waals surface area contributed by atoms with Crippen LogP contribution in [0.15, 0.2) is 18.2 Å². The molecule has 0 spiro atoms. The maximum absolute atomic E-state index is 11.4. The van der Waals surface area contributed by atoms with Gasteiger partial charge in [0.05, 0.1) is 22.1 Å². The molecular weight excluding hydrogens is 272 g/mol. The molecule has 0 heterocycles. The predicted octanol–water partition coefficient (Wildman–Crippen LogP) is 2.29. The summed E-state index contributed by atoms with van der Waals surface area (Å²) >= 11 is 5.94. The van der Waals surface area contributed by atoms with Gasteiger partial charge in [-0.3, -0.25) is 14.9 Å². The zero-order valence-electron chi connectivity index (χ0n) is 10.7. The van der Waals surface area contributed by atoms with Crippen LogP contribution in [0.4, 0.5) is 5.69 Å². The number of nitrogens with zero attached hydrogens (tertiary/aromatic N) is 1. The fraction of sp³-hybridized carbons (Fsp3) is 0.417. The zero-order chi connectivity index (χ0) is 14.4. The monoisotopic (exact) mass is 286 g/mol. The highest BCUT2D eigenvalue weighted by atomic mass is 35.5. The van der Waals surface area contributed by atoms with Crippen molar-refractivity contribution in [1.29, 1.82) is 0 Å². The third-order valence-corrected chi connectivity index (χ3v) is 2.87. The molecule has 7 heteroatoms. The standard InChI is InChI=1S/C12H15ClN2O4/c1-3-19-12(16)8(2)14-7-9-10(13)5-4-6-11(9)15(17)18/h4-6,8,14H,3,7H2,1-2H3. The predicted molar refractivity (Wildman–Crippen MR) is 71.0 cm³/mol. The summed E-state index contributed by atoms with van der Waals surface area (Å²) in [4.78, 5) is 21.8. The van der Waals surface area contributed by atoms with Crippen molar-refractivity contribution in [2.24, 2.45) is 0 Å². The maximum atomic E-state index is 11.4. The number of benzene rings is 1. The molecule has 0 amide bonds. The lowest BCUT2D eigenvalue weighted by Crippen LogP contribution is -2.35. The van der Waals surface area contributed by atoms with Crippen molar-refractivity contribution >= 4 is 23.3 Å². The van der Waals surface area contributed by atoms with Crippen molar-refractivity contribution in [2.75, 3.05) is 6.61 Å². The van der Waals surface area contributed by atoms with Gasteiger partial charge in [0.2, 0.25) is 0 Å². The van der Waals surface area contributed by atoms with E-state index < -0.39 is 16.9 Å². The van der Waals surface area contributed by atoms with Crippen molar-refractivity contribution in [2.45, 2.75) is 26.4 Å². The SMILES string of the molecule is CCOC(=O)C(C)NCc1c(Cl)cccc1[N+](=O)[O-]. The molecule has 1 unspecified atom stereocenters. The number of carbonyl (C=O) groups excluding carboxylic acids is 1. The largest absolute Gasteiger partial charge is 0.465 e. The topological polar surface area (TPSA) is 81.5 Å². The van der Waals surface area contributed by atoms with Crippen molar-refractivity contribution in [3.8, 4) is 0 Å². The molecule has 19 heavy (non-hydrogen) atoms. The van der Waals surface area contributed by atoms with Gasteiger partial charge in [-0.05, 0) is 19.9 Å². The Morgan fingerprint density at radius 2 is 2.26 bits per heavy atom. The molecule has 1 aromatic carbocycles. The molecule has 0 saturated carbocycles. The molecule has 0 aromatic heterocycles. The number of nitrogens with one attached hydrogen (secondary N) is 1. The van der Waals surface area contributed by atoms with E-state index in [2.05, 4.69) is 5.32 Å². The van der Waals surface area contributed by atoms with E-state index in [0.29, 0.717) is 5.56 Å². The molecule has 0 radical (unpaired) electrons. The third-order valence-electron chi connectivity index (χ3n) is 2.52. The molecule has 104 valence electrons. The molecule has 1 aromatic rings. The van der Waals surface area contributed by atoms with Gasteiger partial charge in [0.15, 0.2) is 0 Å². The summed E-state index contributed by atoms with van der Waals surface area (Å²) in [5, 5.41) is 14.0. The zero-order valence-corrected chi connectivity index (χ0v) is 11.4. The van der Waals surface area contributed by atoms with Crippen LogP contribution in [0.25, 0.3) is 0 Å². The fourth-order valence-electron chi connectivity index (χ4n) is 1.50. The summed E-state index contributed by atoms with van der Waals surface area (Å²) in [6.45, 7) is 3.75. The van der Waals surface area contributed by atoms with Gasteiger partial charge in [-0.1, -0.05) is 17.7 Å². The lowest BCUT2D eigenvalue weighted by atomic mass is 10.1. The van der Waals surface area contributed by atoms with E-state index in [9.17, 15) is 14.9 Å². The van der Waals surface area contributed by atoms with Crippen LogP contribution in [0, 0.1) is 10.1 Å². The second-order valence-corrected chi connectivity index (χ2v) is 4.26. The molecule has 1 N–H and O–H groups in total. The van der Waals surface area contributed by atoms with Crippen molar-refractivity contribution in [1.82, 2.24) is 5.32 Å². The van der Waals surface area contributed by atoms with Crippen LogP contribution in [-0.4, -0.2) is 23.5 Å². The van der Waals surface area contributed by atoms with Crippen LogP contribution >= 0.6 is 11.6 Å². The van der Waals surface area contributed by atoms with E-state index in [4.69, 9.17) is 16.3 Å². The number of hydrogen-bond acceptors (Lipinski definition) is 5. The van der Waals surface area contributed by atoms with E-state index in [0.717, 1.165) is 0 Å². The van der Waals surface area contributed by atoms with Gasteiger partial charge in [-0.2, -0.15) is 0 Å². The fourth-order valence-corrected chi connectivity index (χ4v) is 1.74. The minimum absolute atomic E-state index is 0.0731. The lowest BCUT2D eigenvalue weighted by Gasteiger charge is -2.13. The number of hydrogen-bond donors (Lipinski definition) is 1. The van der Waals surface area contributed by atoms with Gasteiger partial charge in [-0.15, -0.1) is 0 Å². The van der Waals surface area contributed by atoms with Crippen LogP contribution in [0.3, 0.4) is 0 Å². The first-order chi connectivity index (χ1) is 8.97. The number of ether oxygens (including phenoxy) is 1. The minimum atomic E-state index is -0.559. The Balaban J connectivity index is 2.77. The second-order valence-electron chi connectivity index (χ2n) is 3.85. The minimum Gasteiger partial charge on any atom is -0.465 e. The highest BCUT2D eigenvalue weighted by Gasteiger charge is 2.19. The van der Waals surface area contributed by atoms with Gasteiger partial charge in [0.25, 0.3) is 5.69 Å². The van der Waals surface area contributed by atoms with Gasteiger partial charge in [0, 0.05) is 12.6 Å². The lowest BCUT2D eigenvalue weighted by molar-refractivity contribution is -0.385. The molecule has 0 aliphatic rings. The first-order valence-electron chi connectivity index (χ1n) is 5.79. The quantitative estimate of drug-likeness (QED) is 0.493. The molecule has 6 nitrogen and oxygen atoms in total. The summed E-state index contributed by atoms with van der Waals surface area (Å²) in [5.41, 5.74) is 0.279. The summed E-state index contributed by atoms with van der Waals surface area (Å²) in [6.07, 6.45) is 0. The van der Waals surface area contributed by atoms with Crippen LogP contribution in [0.2, 0.25) is 5.02 Å². The van der Waals surface area contributed by atoms with Crippen LogP contribution < -0.4 is 5.32 Å². The average Bonchev–Trinajstić information content (AvgIpc) is 2.36. The van der Waals surface area contributed by atoms with Crippen molar-refractivity contribution in [3.63, 3.8) is 0 Å². The number of nitro benzene ring substituents is 1. The molecule has 1 rings (SSSR count). The number of nitro groups is 1.